The molecule has 3 rings (SSSR count). The first kappa shape index (κ1) is 18.2. The number of amides is 1. The summed E-state index contributed by atoms with van der Waals surface area (Å²) in [5.74, 6) is 0.913. The van der Waals surface area contributed by atoms with Crippen LogP contribution < -0.4 is 10.6 Å². The van der Waals surface area contributed by atoms with Gasteiger partial charge in [-0.1, -0.05) is 35.1 Å². The van der Waals surface area contributed by atoms with Crippen LogP contribution in [0.5, 0.6) is 0 Å². The summed E-state index contributed by atoms with van der Waals surface area (Å²) < 4.78 is 0. The molecule has 134 valence electrons. The van der Waals surface area contributed by atoms with Crippen molar-refractivity contribution in [1.29, 1.82) is 0 Å². The number of carbonyl (C=O) groups is 1. The summed E-state index contributed by atoms with van der Waals surface area (Å²) in [6.07, 6.45) is 1.47. The lowest BCUT2D eigenvalue weighted by molar-refractivity contribution is 0.103. The Bertz CT molecular complexity index is 940. The predicted molar refractivity (Wildman–Crippen MR) is 102 cm³/mol. The van der Waals surface area contributed by atoms with E-state index in [0.717, 1.165) is 5.69 Å². The normalized spacial score (nSPS) is 10.6. The Morgan fingerprint density at radius 3 is 2.85 bits per heavy atom. The number of nitrogens with zero attached hydrogens (tertiary/aromatic N) is 3. The van der Waals surface area contributed by atoms with Crippen molar-refractivity contribution in [2.75, 3.05) is 10.6 Å². The van der Waals surface area contributed by atoms with Crippen LogP contribution in [0.1, 0.15) is 26.8 Å². The second kappa shape index (κ2) is 7.77. The summed E-state index contributed by atoms with van der Waals surface area (Å²) >= 11 is 7.30. The first-order chi connectivity index (χ1) is 12.5. The highest BCUT2D eigenvalue weighted by atomic mass is 35.5. The topological polar surface area (TPSA) is 100 Å². The molecule has 0 bridgehead atoms. The number of benzene rings is 1. The summed E-state index contributed by atoms with van der Waals surface area (Å²) in [5.41, 5.74) is 1.78. The van der Waals surface area contributed by atoms with E-state index in [0.29, 0.717) is 37.9 Å². The van der Waals surface area contributed by atoms with Crippen molar-refractivity contribution in [2.45, 2.75) is 20.5 Å². The number of hydrogen-bond donors (Lipinski definition) is 3. The van der Waals surface area contributed by atoms with E-state index in [1.807, 2.05) is 6.92 Å². The fourth-order valence-electron chi connectivity index (χ4n) is 2.34. The van der Waals surface area contributed by atoms with Gasteiger partial charge in [0.15, 0.2) is 5.13 Å². The molecule has 0 aliphatic carbocycles. The van der Waals surface area contributed by atoms with Crippen LogP contribution in [0.3, 0.4) is 0 Å². The number of carbonyl (C=O) groups excluding carboxylic acids is 1. The molecule has 0 saturated carbocycles. The Labute approximate surface area is 159 Å². The molecule has 0 aliphatic heterocycles. The van der Waals surface area contributed by atoms with Gasteiger partial charge in [0.1, 0.15) is 16.5 Å². The van der Waals surface area contributed by atoms with Crippen LogP contribution in [0.15, 0.2) is 30.5 Å². The van der Waals surface area contributed by atoms with Gasteiger partial charge in [-0.25, -0.2) is 15.0 Å². The molecular weight excluding hydrogens is 374 g/mol. The number of para-hydroxylation sites is 1. The Morgan fingerprint density at radius 1 is 1.31 bits per heavy atom. The number of rotatable bonds is 5. The molecule has 1 aromatic carbocycles. The Kier molecular flexibility index (Phi) is 5.46. The van der Waals surface area contributed by atoms with E-state index in [4.69, 9.17) is 11.6 Å². The van der Waals surface area contributed by atoms with Crippen LogP contribution in [0.25, 0.3) is 0 Å². The zero-order valence-electron chi connectivity index (χ0n) is 14.1. The van der Waals surface area contributed by atoms with Gasteiger partial charge in [0.2, 0.25) is 0 Å². The van der Waals surface area contributed by atoms with Crippen LogP contribution in [-0.2, 0) is 6.61 Å². The monoisotopic (exact) mass is 389 g/mol. The number of aliphatic hydroxyl groups excluding tert-OH is 1. The Balaban J connectivity index is 1.76. The Morgan fingerprint density at radius 2 is 2.12 bits per heavy atom. The molecule has 1 amide bonds. The smallest absolute Gasteiger partial charge is 0.267 e. The van der Waals surface area contributed by atoms with E-state index in [1.165, 1.54) is 17.5 Å². The van der Waals surface area contributed by atoms with E-state index < -0.39 is 0 Å². The number of aromatic nitrogens is 3. The third-order valence-corrected chi connectivity index (χ3v) is 4.67. The van der Waals surface area contributed by atoms with Crippen molar-refractivity contribution in [2.24, 2.45) is 0 Å². The quantitative estimate of drug-likeness (QED) is 0.615. The maximum absolute atomic E-state index is 12.5. The average molecular weight is 390 g/mol. The lowest BCUT2D eigenvalue weighted by Gasteiger charge is -2.10. The van der Waals surface area contributed by atoms with E-state index in [-0.39, 0.29) is 12.5 Å². The highest BCUT2D eigenvalue weighted by molar-refractivity contribution is 7.17. The molecule has 3 N–H and O–H groups in total. The minimum Gasteiger partial charge on any atom is -0.392 e. The summed E-state index contributed by atoms with van der Waals surface area (Å²) in [5, 5.41) is 16.1. The molecule has 0 unspecified atom stereocenters. The fraction of sp³-hybridized carbons (Fsp3) is 0.176. The molecule has 0 aliphatic rings. The number of nitrogens with one attached hydrogen (secondary N) is 2. The van der Waals surface area contributed by atoms with Crippen LogP contribution in [0.4, 0.5) is 16.6 Å². The molecule has 26 heavy (non-hydrogen) atoms. The van der Waals surface area contributed by atoms with Crippen LogP contribution in [-0.4, -0.2) is 26.0 Å². The van der Waals surface area contributed by atoms with Gasteiger partial charge < -0.3 is 15.7 Å². The molecule has 7 nitrogen and oxygen atoms in total. The predicted octanol–water partition coefficient (Wildman–Crippen LogP) is 3.69. The van der Waals surface area contributed by atoms with E-state index >= 15 is 0 Å². The maximum atomic E-state index is 12.5. The molecule has 3 aromatic rings. The van der Waals surface area contributed by atoms with Gasteiger partial charge in [-0.2, -0.15) is 0 Å². The third kappa shape index (κ3) is 4.16. The maximum Gasteiger partial charge on any atom is 0.267 e. The SMILES string of the molecule is Cc1cc(Nc2ncc(C(=O)Nc3c(Cl)cccc3CO)s2)nc(C)n1. The molecule has 0 spiro atoms. The van der Waals surface area contributed by atoms with Gasteiger partial charge in [0.25, 0.3) is 5.91 Å². The van der Waals surface area contributed by atoms with E-state index in [1.54, 1.807) is 31.2 Å². The summed E-state index contributed by atoms with van der Waals surface area (Å²) in [6, 6.07) is 6.85. The number of hydrogen-bond acceptors (Lipinski definition) is 7. The largest absolute Gasteiger partial charge is 0.392 e. The average Bonchev–Trinajstić information content (AvgIpc) is 3.04. The zero-order chi connectivity index (χ0) is 18.7. The van der Waals surface area contributed by atoms with Crippen molar-refractivity contribution >= 4 is 45.5 Å². The summed E-state index contributed by atoms with van der Waals surface area (Å²) in [6.45, 7) is 3.46. The van der Waals surface area contributed by atoms with E-state index in [9.17, 15) is 9.90 Å². The minimum atomic E-state index is -0.353. The molecule has 0 atom stereocenters. The van der Waals surface area contributed by atoms with Crippen LogP contribution >= 0.6 is 22.9 Å². The number of anilines is 3. The first-order valence-electron chi connectivity index (χ1n) is 7.71. The molecular formula is C17H16ClN5O2S. The molecule has 2 aromatic heterocycles. The standard InChI is InChI=1S/C17H16ClN5O2S/c1-9-6-14(21-10(2)20-9)22-17-19-7-13(26-17)16(25)23-15-11(8-24)4-3-5-12(15)18/h3-7,24H,8H2,1-2H3,(H,23,25)(H,19,20,21,22). The minimum absolute atomic E-state index is 0.224. The second-order valence-corrected chi connectivity index (χ2v) is 6.92. The highest BCUT2D eigenvalue weighted by Crippen LogP contribution is 2.28. The molecule has 9 heteroatoms. The fourth-order valence-corrected chi connectivity index (χ4v) is 3.30. The van der Waals surface area contributed by atoms with Gasteiger partial charge in [-0.3, -0.25) is 4.79 Å². The number of aliphatic hydroxyl groups is 1. The second-order valence-electron chi connectivity index (χ2n) is 5.48. The lowest BCUT2D eigenvalue weighted by atomic mass is 10.2. The van der Waals surface area contributed by atoms with Crippen molar-refractivity contribution in [3.8, 4) is 0 Å². The Hall–Kier alpha value is -2.55. The van der Waals surface area contributed by atoms with Gasteiger partial charge >= 0.3 is 0 Å². The van der Waals surface area contributed by atoms with Gasteiger partial charge in [0, 0.05) is 17.3 Å². The summed E-state index contributed by atoms with van der Waals surface area (Å²) in [4.78, 5) is 25.6. The van der Waals surface area contributed by atoms with Crippen molar-refractivity contribution < 1.29 is 9.90 Å². The van der Waals surface area contributed by atoms with Gasteiger partial charge in [-0.15, -0.1) is 0 Å². The van der Waals surface area contributed by atoms with Crippen molar-refractivity contribution in [1.82, 2.24) is 15.0 Å². The molecule has 2 heterocycles. The van der Waals surface area contributed by atoms with Crippen molar-refractivity contribution in [3.05, 3.63) is 57.4 Å². The van der Waals surface area contributed by atoms with Crippen molar-refractivity contribution in [3.63, 3.8) is 0 Å². The lowest BCUT2D eigenvalue weighted by Crippen LogP contribution is -2.12. The highest BCUT2D eigenvalue weighted by Gasteiger charge is 2.15. The van der Waals surface area contributed by atoms with Gasteiger partial charge in [0.05, 0.1) is 23.5 Å². The third-order valence-electron chi connectivity index (χ3n) is 3.44. The van der Waals surface area contributed by atoms with E-state index in [2.05, 4.69) is 25.6 Å². The van der Waals surface area contributed by atoms with Crippen LogP contribution in [0, 0.1) is 13.8 Å². The summed E-state index contributed by atoms with van der Waals surface area (Å²) in [7, 11) is 0. The number of aryl methyl sites for hydroxylation is 2. The van der Waals surface area contributed by atoms with Crippen LogP contribution in [0.2, 0.25) is 5.02 Å². The number of thiazole rings is 1. The molecule has 0 saturated heterocycles. The number of halogens is 1. The van der Waals surface area contributed by atoms with Gasteiger partial charge in [-0.05, 0) is 19.9 Å². The zero-order valence-corrected chi connectivity index (χ0v) is 15.6. The molecule has 0 radical (unpaired) electrons. The molecule has 0 fully saturated rings. The first-order valence-corrected chi connectivity index (χ1v) is 8.90.